The Morgan fingerprint density at radius 3 is 2.35 bits per heavy atom. The molecular formula is C18H14F6N5O2+. The molecule has 0 aliphatic carbocycles. The fourth-order valence-corrected chi connectivity index (χ4v) is 2.76. The van der Waals surface area contributed by atoms with Gasteiger partial charge in [-0.3, -0.25) is 14.6 Å². The van der Waals surface area contributed by atoms with E-state index in [1.807, 2.05) is 5.32 Å². The average Bonchev–Trinajstić information content (AvgIpc) is 3.09. The van der Waals surface area contributed by atoms with Crippen LogP contribution in [0.1, 0.15) is 32.8 Å². The SMILES string of the molecule is O=C(NC(c1ccccn1)C(F)(F)F)c1[nH]c(C(=O)NCC(F)(F)F)[n+]2ccccc12. The van der Waals surface area contributed by atoms with Gasteiger partial charge in [-0.05, 0) is 24.3 Å². The Hall–Kier alpha value is -3.64. The van der Waals surface area contributed by atoms with Gasteiger partial charge in [-0.25, -0.2) is 4.98 Å². The summed E-state index contributed by atoms with van der Waals surface area (Å²) in [5.41, 5.74) is -0.919. The molecule has 0 radical (unpaired) electrons. The second-order valence-electron chi connectivity index (χ2n) is 6.31. The summed E-state index contributed by atoms with van der Waals surface area (Å²) in [6.45, 7) is -1.63. The average molecular weight is 446 g/mol. The predicted octanol–water partition coefficient (Wildman–Crippen LogP) is 2.47. The third-order valence-electron chi connectivity index (χ3n) is 4.08. The van der Waals surface area contributed by atoms with Crippen LogP contribution in [0.25, 0.3) is 5.52 Å². The summed E-state index contributed by atoms with van der Waals surface area (Å²) in [6, 6.07) is 5.53. The van der Waals surface area contributed by atoms with Crippen molar-refractivity contribution in [3.63, 3.8) is 0 Å². The molecule has 0 aromatic carbocycles. The van der Waals surface area contributed by atoms with Crippen molar-refractivity contribution in [3.8, 4) is 0 Å². The van der Waals surface area contributed by atoms with Crippen molar-refractivity contribution >= 4 is 17.3 Å². The zero-order valence-corrected chi connectivity index (χ0v) is 15.4. The van der Waals surface area contributed by atoms with Gasteiger partial charge in [-0.2, -0.15) is 30.7 Å². The van der Waals surface area contributed by atoms with Crippen LogP contribution in [-0.2, 0) is 0 Å². The maximum absolute atomic E-state index is 13.5. The molecule has 164 valence electrons. The molecule has 0 aliphatic heterocycles. The molecule has 0 aliphatic rings. The number of amides is 2. The molecule has 0 saturated carbocycles. The molecule has 3 aromatic heterocycles. The molecule has 0 bridgehead atoms. The highest BCUT2D eigenvalue weighted by Gasteiger charge is 2.44. The first-order chi connectivity index (χ1) is 14.5. The molecule has 3 N–H and O–H groups in total. The quantitative estimate of drug-likeness (QED) is 0.416. The minimum atomic E-state index is -4.88. The molecule has 3 rings (SSSR count). The van der Waals surface area contributed by atoms with Crippen molar-refractivity contribution in [1.29, 1.82) is 0 Å². The Labute approximate surface area is 170 Å². The number of carbonyl (C=O) groups excluding carboxylic acids is 2. The number of halogens is 6. The van der Waals surface area contributed by atoms with E-state index in [-0.39, 0.29) is 5.52 Å². The zero-order chi connectivity index (χ0) is 22.8. The van der Waals surface area contributed by atoms with E-state index >= 15 is 0 Å². The number of alkyl halides is 6. The second-order valence-corrected chi connectivity index (χ2v) is 6.31. The fourth-order valence-electron chi connectivity index (χ4n) is 2.76. The maximum Gasteiger partial charge on any atom is 0.414 e. The van der Waals surface area contributed by atoms with Gasteiger partial charge in [0, 0.05) is 6.20 Å². The Morgan fingerprint density at radius 2 is 1.74 bits per heavy atom. The van der Waals surface area contributed by atoms with Crippen LogP contribution in [0.4, 0.5) is 26.3 Å². The lowest BCUT2D eigenvalue weighted by Crippen LogP contribution is -2.39. The van der Waals surface area contributed by atoms with E-state index in [1.54, 1.807) is 5.32 Å². The summed E-state index contributed by atoms with van der Waals surface area (Å²) in [5.74, 6) is -2.90. The standard InChI is InChI=1S/C18H13F6N5O2/c19-17(20,21)9-26-16(31)14-27-12(11-6-2-4-8-29(11)14)15(30)28-13(18(22,23)24)10-5-1-3-7-25-10/h1-8,13H,9H2,(H2,26,28,30,31)/p+1. The maximum atomic E-state index is 13.5. The van der Waals surface area contributed by atoms with Crippen molar-refractivity contribution in [2.45, 2.75) is 18.4 Å². The number of carbonyl (C=O) groups is 2. The number of imidazole rings is 1. The van der Waals surface area contributed by atoms with Crippen molar-refractivity contribution in [2.24, 2.45) is 0 Å². The van der Waals surface area contributed by atoms with E-state index in [0.717, 1.165) is 16.7 Å². The summed E-state index contributed by atoms with van der Waals surface area (Å²) in [4.78, 5) is 30.7. The minimum Gasteiger partial charge on any atom is -0.336 e. The summed E-state index contributed by atoms with van der Waals surface area (Å²) in [5, 5.41) is 3.44. The van der Waals surface area contributed by atoms with Crippen molar-refractivity contribution in [1.82, 2.24) is 20.6 Å². The third-order valence-corrected chi connectivity index (χ3v) is 4.08. The van der Waals surface area contributed by atoms with E-state index in [9.17, 15) is 35.9 Å². The number of rotatable bonds is 5. The normalized spacial score (nSPS) is 13.1. The van der Waals surface area contributed by atoms with E-state index in [2.05, 4.69) is 9.97 Å². The van der Waals surface area contributed by atoms with Crippen LogP contribution in [0.5, 0.6) is 0 Å². The first kappa shape index (κ1) is 22.1. The first-order valence-electron chi connectivity index (χ1n) is 8.63. The van der Waals surface area contributed by atoms with Gasteiger partial charge >= 0.3 is 24.1 Å². The molecule has 3 aromatic rings. The lowest BCUT2D eigenvalue weighted by molar-refractivity contribution is -0.514. The summed E-state index contributed by atoms with van der Waals surface area (Å²) < 4.78 is 78.7. The number of aromatic amines is 1. The highest BCUT2D eigenvalue weighted by Crippen LogP contribution is 2.31. The van der Waals surface area contributed by atoms with Crippen molar-refractivity contribution in [3.05, 3.63) is 66.0 Å². The van der Waals surface area contributed by atoms with E-state index in [0.29, 0.717) is 0 Å². The third kappa shape index (κ3) is 5.10. The molecule has 3 heterocycles. The minimum absolute atomic E-state index is 0.0147. The van der Waals surface area contributed by atoms with Gasteiger partial charge in [0.1, 0.15) is 6.54 Å². The predicted molar refractivity (Wildman–Crippen MR) is 92.8 cm³/mol. The summed E-state index contributed by atoms with van der Waals surface area (Å²) >= 11 is 0. The Kier molecular flexibility index (Phi) is 5.86. The molecule has 0 spiro atoms. The molecule has 0 saturated heterocycles. The monoisotopic (exact) mass is 446 g/mol. The number of aromatic nitrogens is 3. The lowest BCUT2D eigenvalue weighted by Gasteiger charge is -2.20. The van der Waals surface area contributed by atoms with Crippen LogP contribution in [0.3, 0.4) is 0 Å². The number of hydrogen-bond donors (Lipinski definition) is 3. The Balaban J connectivity index is 1.95. The molecular weight excluding hydrogens is 432 g/mol. The van der Waals surface area contributed by atoms with Gasteiger partial charge in [0.15, 0.2) is 11.6 Å². The van der Waals surface area contributed by atoms with Gasteiger partial charge in [0.25, 0.3) is 5.91 Å². The van der Waals surface area contributed by atoms with Gasteiger partial charge < -0.3 is 10.6 Å². The number of hydrogen-bond acceptors (Lipinski definition) is 3. The highest BCUT2D eigenvalue weighted by atomic mass is 19.4. The van der Waals surface area contributed by atoms with Crippen LogP contribution in [-0.4, -0.2) is 40.7 Å². The van der Waals surface area contributed by atoms with E-state index < -0.39 is 54.0 Å². The number of nitrogens with zero attached hydrogens (tertiary/aromatic N) is 2. The lowest BCUT2D eigenvalue weighted by atomic mass is 10.1. The summed E-state index contributed by atoms with van der Waals surface area (Å²) in [7, 11) is 0. The van der Waals surface area contributed by atoms with Crippen LogP contribution in [0.15, 0.2) is 48.8 Å². The highest BCUT2D eigenvalue weighted by molar-refractivity contribution is 6.00. The molecule has 2 amide bonds. The molecule has 13 heteroatoms. The second kappa shape index (κ2) is 8.24. The topological polar surface area (TPSA) is 91.0 Å². The van der Waals surface area contributed by atoms with Crippen LogP contribution in [0, 0.1) is 0 Å². The largest absolute Gasteiger partial charge is 0.414 e. The molecule has 1 unspecified atom stereocenters. The Bertz CT molecular complexity index is 1090. The van der Waals surface area contributed by atoms with Gasteiger partial charge in [0.2, 0.25) is 5.69 Å². The molecule has 31 heavy (non-hydrogen) atoms. The number of pyridine rings is 2. The van der Waals surface area contributed by atoms with E-state index in [4.69, 9.17) is 0 Å². The van der Waals surface area contributed by atoms with Crippen molar-refractivity contribution in [2.75, 3.05) is 6.54 Å². The summed E-state index contributed by atoms with van der Waals surface area (Å²) in [6.07, 6.45) is -7.16. The molecule has 0 fully saturated rings. The van der Waals surface area contributed by atoms with Gasteiger partial charge in [-0.1, -0.05) is 12.1 Å². The zero-order valence-electron chi connectivity index (χ0n) is 15.4. The smallest absolute Gasteiger partial charge is 0.336 e. The van der Waals surface area contributed by atoms with Crippen molar-refractivity contribution < 1.29 is 40.3 Å². The first-order valence-corrected chi connectivity index (χ1v) is 8.63. The van der Waals surface area contributed by atoms with Gasteiger partial charge in [-0.15, -0.1) is 0 Å². The molecule has 1 atom stereocenters. The number of fused-ring (bicyclic) bond motifs is 1. The number of H-pyrrole nitrogens is 1. The fraction of sp³-hybridized carbons (Fsp3) is 0.222. The van der Waals surface area contributed by atoms with Crippen LogP contribution in [0.2, 0.25) is 0 Å². The van der Waals surface area contributed by atoms with Crippen LogP contribution >= 0.6 is 0 Å². The molecule has 7 nitrogen and oxygen atoms in total. The van der Waals surface area contributed by atoms with Gasteiger partial charge in [0.05, 0.1) is 11.9 Å². The Morgan fingerprint density at radius 1 is 1.03 bits per heavy atom. The number of nitrogens with one attached hydrogen (secondary N) is 3. The van der Waals surface area contributed by atoms with Crippen LogP contribution < -0.4 is 15.0 Å². The van der Waals surface area contributed by atoms with E-state index in [1.165, 1.54) is 36.5 Å².